The Kier molecular flexibility index (Phi) is 4.73. The maximum atomic E-state index is 11.3. The van der Waals surface area contributed by atoms with E-state index in [2.05, 4.69) is 84.0 Å². The molecule has 0 saturated heterocycles. The predicted molar refractivity (Wildman–Crippen MR) is 143 cm³/mol. The summed E-state index contributed by atoms with van der Waals surface area (Å²) in [6.07, 6.45) is 4.70. The summed E-state index contributed by atoms with van der Waals surface area (Å²) in [5.41, 5.74) is 5.86. The Morgan fingerprint density at radius 3 is 2.21 bits per heavy atom. The third-order valence-electron chi connectivity index (χ3n) is 9.01. The molecule has 0 amide bonds. The molecular formula is C31H36O2S. The van der Waals surface area contributed by atoms with Gasteiger partial charge in [0.2, 0.25) is 0 Å². The van der Waals surface area contributed by atoms with E-state index in [1.54, 1.807) is 0 Å². The highest BCUT2D eigenvalue weighted by Crippen LogP contribution is 2.62. The van der Waals surface area contributed by atoms with Gasteiger partial charge in [-0.25, -0.2) is 0 Å². The highest BCUT2D eigenvalue weighted by atomic mass is 32.2. The molecule has 6 rings (SSSR count). The largest absolute Gasteiger partial charge is 0.507 e. The zero-order chi connectivity index (χ0) is 24.0. The number of thioether (sulfide) groups is 1. The smallest absolute Gasteiger partial charge is 0.163 e. The van der Waals surface area contributed by atoms with Crippen molar-refractivity contribution < 1.29 is 9.84 Å². The average molecular weight is 473 g/mol. The first kappa shape index (κ1) is 22.3. The van der Waals surface area contributed by atoms with Crippen molar-refractivity contribution in [2.45, 2.75) is 82.5 Å². The SMILES string of the molecule is CC(C)C1(C(C)C)Oc2cc3c(O)cc4c(c3cc2S1)-c1ccccc1C41CCC(C)(C)CC1. The quantitative estimate of drug-likeness (QED) is 0.404. The first-order valence-electron chi connectivity index (χ1n) is 12.9. The van der Waals surface area contributed by atoms with E-state index in [-0.39, 0.29) is 10.3 Å². The molecule has 1 saturated carbocycles. The van der Waals surface area contributed by atoms with Gasteiger partial charge in [0.1, 0.15) is 11.5 Å². The van der Waals surface area contributed by atoms with Crippen LogP contribution in [-0.4, -0.2) is 10.0 Å². The van der Waals surface area contributed by atoms with Crippen LogP contribution in [0.5, 0.6) is 11.5 Å². The molecule has 3 aliphatic rings. The van der Waals surface area contributed by atoms with Crippen LogP contribution in [-0.2, 0) is 5.41 Å². The lowest BCUT2D eigenvalue weighted by Crippen LogP contribution is -2.40. The van der Waals surface area contributed by atoms with Gasteiger partial charge in [0, 0.05) is 22.6 Å². The Bertz CT molecular complexity index is 1300. The standard InChI is InChI=1S/C31H36O2S/c1-18(2)31(19(3)4)33-26-15-21-22(16-27(26)34-31)28-20-9-7-8-10-23(20)30(24(28)17-25(21)32)13-11-29(5,6)12-14-30/h7-10,15-19,32H,11-14H2,1-6H3. The van der Waals surface area contributed by atoms with Crippen molar-refractivity contribution in [2.24, 2.45) is 17.3 Å². The second-order valence-electron chi connectivity index (χ2n) is 12.2. The van der Waals surface area contributed by atoms with Crippen molar-refractivity contribution in [1.82, 2.24) is 0 Å². The van der Waals surface area contributed by atoms with Crippen LogP contribution in [0.1, 0.15) is 78.4 Å². The van der Waals surface area contributed by atoms with E-state index < -0.39 is 0 Å². The monoisotopic (exact) mass is 472 g/mol. The van der Waals surface area contributed by atoms with Gasteiger partial charge in [0.15, 0.2) is 4.93 Å². The summed E-state index contributed by atoms with van der Waals surface area (Å²) in [5, 5.41) is 13.4. The third kappa shape index (κ3) is 2.89. The average Bonchev–Trinajstić information content (AvgIpc) is 3.30. The van der Waals surface area contributed by atoms with Crippen molar-refractivity contribution in [3.05, 3.63) is 53.6 Å². The van der Waals surface area contributed by atoms with Gasteiger partial charge in [-0.2, -0.15) is 0 Å². The van der Waals surface area contributed by atoms with E-state index in [0.717, 1.165) is 24.0 Å². The van der Waals surface area contributed by atoms with Crippen LogP contribution in [0.4, 0.5) is 0 Å². The molecule has 3 aromatic carbocycles. The third-order valence-corrected chi connectivity index (χ3v) is 10.9. The molecule has 2 nitrogen and oxygen atoms in total. The van der Waals surface area contributed by atoms with E-state index in [0.29, 0.717) is 23.0 Å². The summed E-state index contributed by atoms with van der Waals surface area (Å²) in [5.74, 6) is 2.05. The van der Waals surface area contributed by atoms with Crippen LogP contribution < -0.4 is 4.74 Å². The summed E-state index contributed by atoms with van der Waals surface area (Å²) < 4.78 is 6.65. The van der Waals surface area contributed by atoms with Crippen molar-refractivity contribution in [1.29, 1.82) is 0 Å². The molecule has 0 bridgehead atoms. The van der Waals surface area contributed by atoms with Gasteiger partial charge in [-0.15, -0.1) is 0 Å². The molecule has 34 heavy (non-hydrogen) atoms. The molecular weight excluding hydrogens is 436 g/mol. The lowest BCUT2D eigenvalue weighted by molar-refractivity contribution is 0.0757. The van der Waals surface area contributed by atoms with Gasteiger partial charge in [-0.05, 0) is 76.9 Å². The normalized spacial score (nSPS) is 21.1. The second kappa shape index (κ2) is 7.20. The van der Waals surface area contributed by atoms with Crippen molar-refractivity contribution in [3.8, 4) is 22.6 Å². The van der Waals surface area contributed by atoms with Gasteiger partial charge in [0.05, 0.1) is 4.90 Å². The number of aromatic hydroxyl groups is 1. The van der Waals surface area contributed by atoms with Gasteiger partial charge >= 0.3 is 0 Å². The molecule has 1 spiro atoms. The molecule has 1 aliphatic heterocycles. The summed E-state index contributed by atoms with van der Waals surface area (Å²) in [7, 11) is 0. The predicted octanol–water partition coefficient (Wildman–Crippen LogP) is 8.90. The fourth-order valence-corrected chi connectivity index (χ4v) is 8.22. The zero-order valence-electron chi connectivity index (χ0n) is 21.3. The fraction of sp³-hybridized carbons (Fsp3) is 0.484. The maximum absolute atomic E-state index is 11.3. The molecule has 2 aliphatic carbocycles. The minimum absolute atomic E-state index is 0.00932. The Labute approximate surface area is 208 Å². The molecule has 0 aromatic heterocycles. The van der Waals surface area contributed by atoms with Gasteiger partial charge in [-0.3, -0.25) is 0 Å². The van der Waals surface area contributed by atoms with Crippen LogP contribution in [0.15, 0.2) is 47.4 Å². The summed E-state index contributed by atoms with van der Waals surface area (Å²) >= 11 is 1.87. The minimum Gasteiger partial charge on any atom is -0.507 e. The van der Waals surface area contributed by atoms with Crippen molar-refractivity contribution in [2.75, 3.05) is 0 Å². The maximum Gasteiger partial charge on any atom is 0.163 e. The highest BCUT2D eigenvalue weighted by Gasteiger charge is 2.49. The molecule has 0 unspecified atom stereocenters. The summed E-state index contributed by atoms with van der Waals surface area (Å²) in [6, 6.07) is 15.5. The zero-order valence-corrected chi connectivity index (χ0v) is 22.1. The Hall–Kier alpha value is -2.13. The lowest BCUT2D eigenvalue weighted by atomic mass is 9.61. The van der Waals surface area contributed by atoms with Crippen LogP contribution in [0, 0.1) is 17.3 Å². The molecule has 3 heteroatoms. The Morgan fingerprint density at radius 2 is 1.53 bits per heavy atom. The van der Waals surface area contributed by atoms with Crippen LogP contribution in [0.3, 0.4) is 0 Å². The first-order chi connectivity index (χ1) is 16.1. The first-order valence-corrected chi connectivity index (χ1v) is 13.7. The number of phenols is 1. The Balaban J connectivity index is 1.59. The van der Waals surface area contributed by atoms with E-state index in [9.17, 15) is 5.11 Å². The molecule has 178 valence electrons. The summed E-state index contributed by atoms with van der Waals surface area (Å²) in [6.45, 7) is 13.8. The Morgan fingerprint density at radius 1 is 0.853 bits per heavy atom. The van der Waals surface area contributed by atoms with E-state index >= 15 is 0 Å². The number of fused-ring (bicyclic) bond motifs is 8. The molecule has 0 atom stereocenters. The van der Waals surface area contributed by atoms with Crippen LogP contribution >= 0.6 is 11.8 Å². The van der Waals surface area contributed by atoms with Crippen LogP contribution in [0.25, 0.3) is 21.9 Å². The number of hydrogen-bond acceptors (Lipinski definition) is 3. The summed E-state index contributed by atoms with van der Waals surface area (Å²) in [4.78, 5) is 0.929. The topological polar surface area (TPSA) is 29.5 Å². The molecule has 1 fully saturated rings. The molecule has 1 heterocycles. The van der Waals surface area contributed by atoms with Crippen LogP contribution in [0.2, 0.25) is 0 Å². The fourth-order valence-electron chi connectivity index (χ4n) is 6.90. The lowest BCUT2D eigenvalue weighted by Gasteiger charge is -2.43. The van der Waals surface area contributed by atoms with Gasteiger partial charge < -0.3 is 9.84 Å². The van der Waals surface area contributed by atoms with E-state index in [4.69, 9.17) is 4.74 Å². The van der Waals surface area contributed by atoms with Crippen molar-refractivity contribution in [3.63, 3.8) is 0 Å². The number of rotatable bonds is 2. The minimum atomic E-state index is -0.271. The number of ether oxygens (including phenoxy) is 1. The molecule has 0 radical (unpaired) electrons. The molecule has 1 N–H and O–H groups in total. The second-order valence-corrected chi connectivity index (χ2v) is 13.5. The number of hydrogen-bond donors (Lipinski definition) is 1. The molecule has 3 aromatic rings. The van der Waals surface area contributed by atoms with Crippen molar-refractivity contribution >= 4 is 22.5 Å². The van der Waals surface area contributed by atoms with E-state index in [1.807, 2.05) is 11.8 Å². The highest BCUT2D eigenvalue weighted by molar-refractivity contribution is 8.01. The van der Waals surface area contributed by atoms with Gasteiger partial charge in [0.25, 0.3) is 0 Å². The number of benzene rings is 3. The number of phenolic OH excluding ortho intramolecular Hbond substituents is 1. The van der Waals surface area contributed by atoms with Gasteiger partial charge in [-0.1, -0.05) is 77.6 Å². The van der Waals surface area contributed by atoms with E-state index in [1.165, 1.54) is 45.4 Å².